The fraction of sp³-hybridized carbons (Fsp3) is 0.603. The molecule has 17 N–H and O–H groups in total. The van der Waals surface area contributed by atoms with Gasteiger partial charge in [0.2, 0.25) is 47.3 Å². The molecule has 2 aromatic carbocycles. The number of aliphatic carboxylic acids is 1. The first-order valence-corrected chi connectivity index (χ1v) is 31.2. The third-order valence-electron chi connectivity index (χ3n) is 15.5. The van der Waals surface area contributed by atoms with Gasteiger partial charge in [-0.2, -0.15) is 0 Å². The van der Waals surface area contributed by atoms with Gasteiger partial charge in [0, 0.05) is 43.0 Å². The van der Waals surface area contributed by atoms with Crippen LogP contribution in [-0.4, -0.2) is 182 Å². The number of carbonyl (C=O) groups excluding carboxylic acids is 9. The zero-order valence-corrected chi connectivity index (χ0v) is 54.0. The normalized spacial score (nSPS) is 16.7. The molecular formula is C63H98N14O14. The van der Waals surface area contributed by atoms with Crippen molar-refractivity contribution in [3.05, 3.63) is 59.2 Å². The number of aromatic hydroxyl groups is 1. The molecule has 1 unspecified atom stereocenters. The molecule has 2 aliphatic heterocycles. The van der Waals surface area contributed by atoms with Crippen molar-refractivity contribution in [1.29, 1.82) is 0 Å². The lowest BCUT2D eigenvalue weighted by atomic mass is 9.95. The van der Waals surface area contributed by atoms with Crippen LogP contribution in [0.1, 0.15) is 130 Å². The average molecular weight is 1280 g/mol. The van der Waals surface area contributed by atoms with Gasteiger partial charge in [-0.1, -0.05) is 71.9 Å². The van der Waals surface area contributed by atoms with Crippen molar-refractivity contribution in [2.45, 2.75) is 180 Å². The molecule has 4 rings (SSSR count). The molecular weight excluding hydrogens is 1180 g/mol. The molecule has 0 aliphatic carbocycles. The van der Waals surface area contributed by atoms with Crippen molar-refractivity contribution in [1.82, 2.24) is 42.1 Å². The number of amides is 8. The molecule has 91 heavy (non-hydrogen) atoms. The van der Waals surface area contributed by atoms with Crippen LogP contribution >= 0.6 is 0 Å². The Kier molecular flexibility index (Phi) is 30.4. The highest BCUT2D eigenvalue weighted by Gasteiger charge is 2.38. The highest BCUT2D eigenvalue weighted by molar-refractivity contribution is 6.03. The van der Waals surface area contributed by atoms with Crippen LogP contribution in [0.5, 0.6) is 11.5 Å². The predicted octanol–water partition coefficient (Wildman–Crippen LogP) is 0.547. The number of guanidine groups is 1. The number of benzene rings is 2. The summed E-state index contributed by atoms with van der Waals surface area (Å²) in [5.74, 6) is -8.74. The molecule has 0 bridgehead atoms. The molecule has 0 saturated carbocycles. The van der Waals surface area contributed by atoms with Crippen LogP contribution in [0, 0.1) is 17.8 Å². The monoisotopic (exact) mass is 1270 g/mol. The number of nitrogens with two attached hydrogens (primary N) is 4. The van der Waals surface area contributed by atoms with Gasteiger partial charge in [0.15, 0.2) is 17.5 Å². The third-order valence-corrected chi connectivity index (χ3v) is 15.5. The van der Waals surface area contributed by atoms with E-state index >= 15 is 0 Å². The number of nitrogens with zero attached hydrogens (tertiary/aromatic N) is 3. The van der Waals surface area contributed by atoms with Gasteiger partial charge in [-0.25, -0.2) is 4.79 Å². The van der Waals surface area contributed by atoms with Gasteiger partial charge in [-0.05, 0) is 120 Å². The second kappa shape index (κ2) is 37.0. The van der Waals surface area contributed by atoms with Gasteiger partial charge < -0.3 is 89.6 Å². The SMILES string of the molecule is COc1cc2c(cc1O)C=C(C(=O)N[C@H](COC(=O)[C@H](CCCCN)NC(=O)[C@H](CC(C)C)NC(=O)[C@H](CC(=O)O)NC(=O)[C@H](CC(C)C)NC(=O)[C@H](CC(C)C)NC(=O)CNC(=O)[C@@H]1CCCN1C(=O)[C@@H](N)CCCN=C(N)N)Cc1ccccc1)C(C)N2C. The van der Waals surface area contributed by atoms with Crippen molar-refractivity contribution < 1.29 is 67.6 Å². The number of carboxylic acid groups (broad SMARTS) is 1. The summed E-state index contributed by atoms with van der Waals surface area (Å²) in [5.41, 5.74) is 25.2. The van der Waals surface area contributed by atoms with E-state index in [1.54, 1.807) is 53.7 Å². The Morgan fingerprint density at radius 2 is 1.32 bits per heavy atom. The van der Waals surface area contributed by atoms with Gasteiger partial charge in [0.1, 0.15) is 42.9 Å². The number of hydrogen-bond donors (Lipinski definition) is 13. The Balaban J connectivity index is 1.47. The number of carboxylic acids is 1. The molecule has 2 aromatic rings. The minimum Gasteiger partial charge on any atom is -0.504 e. The summed E-state index contributed by atoms with van der Waals surface area (Å²) < 4.78 is 11.2. The number of anilines is 1. The molecule has 28 nitrogen and oxygen atoms in total. The van der Waals surface area contributed by atoms with Crippen LogP contribution in [0.15, 0.2) is 53.0 Å². The molecule has 9 atom stereocenters. The number of hydrogen-bond acceptors (Lipinski definition) is 17. The number of likely N-dealkylation sites (tertiary alicyclic amines) is 1. The van der Waals surface area contributed by atoms with Crippen molar-refractivity contribution in [3.8, 4) is 11.5 Å². The fourth-order valence-electron chi connectivity index (χ4n) is 10.7. The van der Waals surface area contributed by atoms with E-state index in [0.717, 1.165) is 11.3 Å². The average Bonchev–Trinajstić information content (AvgIpc) is 1.23. The van der Waals surface area contributed by atoms with E-state index in [1.807, 2.05) is 49.2 Å². The number of likely N-dealkylation sites (N-methyl/N-ethyl adjacent to an activating group) is 1. The molecule has 2 heterocycles. The van der Waals surface area contributed by atoms with Gasteiger partial charge in [-0.3, -0.25) is 48.1 Å². The topological polar surface area (TPSA) is 437 Å². The summed E-state index contributed by atoms with van der Waals surface area (Å²) in [6, 6.07) is 2.37. The van der Waals surface area contributed by atoms with E-state index in [-0.39, 0.29) is 100.0 Å². The van der Waals surface area contributed by atoms with Crippen LogP contribution in [0.2, 0.25) is 0 Å². The first-order chi connectivity index (χ1) is 43.0. The third kappa shape index (κ3) is 24.3. The maximum Gasteiger partial charge on any atom is 0.328 e. The Bertz CT molecular complexity index is 2880. The number of phenolic OH excluding ortho intramolecular Hbond substituents is 1. The summed E-state index contributed by atoms with van der Waals surface area (Å²) in [5, 5.41) is 39.2. The van der Waals surface area contributed by atoms with Crippen molar-refractivity contribution >= 4 is 76.9 Å². The number of methoxy groups -OCH3 is 1. The molecule has 1 saturated heterocycles. The van der Waals surface area contributed by atoms with Crippen LogP contribution in [-0.2, 0) is 59.1 Å². The van der Waals surface area contributed by atoms with E-state index in [0.29, 0.717) is 43.2 Å². The van der Waals surface area contributed by atoms with Crippen molar-refractivity contribution in [2.24, 2.45) is 45.7 Å². The molecule has 0 spiro atoms. The van der Waals surface area contributed by atoms with Gasteiger partial charge >= 0.3 is 11.9 Å². The molecule has 28 heteroatoms. The zero-order valence-electron chi connectivity index (χ0n) is 54.0. The number of fused-ring (bicyclic) bond motifs is 1. The predicted molar refractivity (Wildman–Crippen MR) is 342 cm³/mol. The standard InChI is InChI=1S/C63H98N14O14/c1-35(2)25-45(71-53(79)33-69-60(87)49-21-16-24-77(49)61(88)43(65)19-15-23-68-63(66)67)56(83)73-47(27-37(5)6)58(85)75-48(31-54(80)81)59(86)74-46(26-36(3)4)57(84)72-44(20-13-14-22-64)62(89)91-34-41(28-39-17-11-10-12-18-39)70-55(82)42-29-40-30-51(78)52(90-9)32-50(40)76(8)38(42)7/h10-12,17-18,29-30,32,35-38,41,43-49,78H,13-16,19-28,31,33-34,64-65H2,1-9H3,(H,69,87)(H,70,82)(H,71,79)(H,72,84)(H,73,83)(H,74,86)(H,75,85)(H,80,81)(H4,66,67,68)/t38?,41-,43-,44-,45-,46-,47-,48-,49-/m0/s1. The van der Waals surface area contributed by atoms with E-state index in [1.165, 1.54) is 18.1 Å². The summed E-state index contributed by atoms with van der Waals surface area (Å²) in [4.78, 5) is 145. The van der Waals surface area contributed by atoms with Crippen molar-refractivity contribution in [3.63, 3.8) is 0 Å². The largest absolute Gasteiger partial charge is 0.504 e. The Hall–Kier alpha value is -8.53. The minimum absolute atomic E-state index is 0.000324. The Morgan fingerprint density at radius 3 is 1.88 bits per heavy atom. The second-order valence-corrected chi connectivity index (χ2v) is 24.6. The lowest BCUT2D eigenvalue weighted by Gasteiger charge is -2.34. The summed E-state index contributed by atoms with van der Waals surface area (Å²) in [7, 11) is 3.25. The molecule has 1 fully saturated rings. The van der Waals surface area contributed by atoms with Gasteiger partial charge in [0.25, 0.3) is 0 Å². The second-order valence-electron chi connectivity index (χ2n) is 24.6. The van der Waals surface area contributed by atoms with Crippen molar-refractivity contribution in [2.75, 3.05) is 51.8 Å². The maximum atomic E-state index is 14.4. The number of nitrogens with one attached hydrogen (secondary N) is 7. The van der Waals surface area contributed by atoms with E-state index in [9.17, 15) is 58.2 Å². The number of esters is 1. The zero-order chi connectivity index (χ0) is 67.6. The Labute approximate surface area is 532 Å². The smallest absolute Gasteiger partial charge is 0.328 e. The van der Waals surface area contributed by atoms with Crippen LogP contribution in [0.25, 0.3) is 6.08 Å². The Morgan fingerprint density at radius 1 is 0.747 bits per heavy atom. The minimum atomic E-state index is -1.79. The number of aliphatic imine (C=N–C) groups is 1. The highest BCUT2D eigenvalue weighted by atomic mass is 16.5. The van der Waals surface area contributed by atoms with Crippen LogP contribution < -0.4 is 69.8 Å². The fourth-order valence-corrected chi connectivity index (χ4v) is 10.7. The molecule has 0 radical (unpaired) electrons. The molecule has 0 aromatic heterocycles. The van der Waals surface area contributed by atoms with E-state index < -0.39 is 127 Å². The summed E-state index contributed by atoms with van der Waals surface area (Å²) >= 11 is 0. The molecule has 504 valence electrons. The molecule has 8 amide bonds. The maximum absolute atomic E-state index is 14.4. The van der Waals surface area contributed by atoms with Gasteiger partial charge in [-0.15, -0.1) is 0 Å². The quantitative estimate of drug-likeness (QED) is 0.0190. The number of ether oxygens (including phenoxy) is 2. The van der Waals surface area contributed by atoms with Gasteiger partial charge in [0.05, 0.1) is 38.2 Å². The lowest BCUT2D eigenvalue weighted by Crippen LogP contribution is -2.59. The first-order valence-electron chi connectivity index (χ1n) is 31.2. The first kappa shape index (κ1) is 74.9. The number of carbonyl (C=O) groups is 10. The van der Waals surface area contributed by atoms with E-state index in [2.05, 4.69) is 42.2 Å². The summed E-state index contributed by atoms with van der Waals surface area (Å²) in [6.45, 7) is 12.5. The number of unbranched alkanes of at least 4 members (excludes halogenated alkanes) is 1. The summed E-state index contributed by atoms with van der Waals surface area (Å²) in [6.07, 6.45) is 3.54. The lowest BCUT2D eigenvalue weighted by molar-refractivity contribution is -0.149. The van der Waals surface area contributed by atoms with Crippen LogP contribution in [0.4, 0.5) is 5.69 Å². The highest BCUT2D eigenvalue weighted by Crippen LogP contribution is 2.39. The van der Waals surface area contributed by atoms with Crippen LogP contribution in [0.3, 0.4) is 0 Å². The number of rotatable bonds is 37. The van der Waals surface area contributed by atoms with E-state index in [4.69, 9.17) is 32.4 Å². The number of phenols is 1. The molecule has 2 aliphatic rings.